The number of nitrogens with zero attached hydrogens (tertiary/aromatic N) is 2. The van der Waals surface area contributed by atoms with E-state index in [1.807, 2.05) is 54.6 Å². The Hall–Kier alpha value is -4.00. The molecule has 178 valence electrons. The Morgan fingerprint density at radius 1 is 0.800 bits per heavy atom. The second-order valence-electron chi connectivity index (χ2n) is 8.43. The number of para-hydroxylation sites is 1. The van der Waals surface area contributed by atoms with Crippen molar-refractivity contribution in [3.8, 4) is 0 Å². The highest BCUT2D eigenvalue weighted by atomic mass is 16.5. The van der Waals surface area contributed by atoms with Gasteiger partial charge in [-0.1, -0.05) is 66.7 Å². The molecule has 3 aromatic rings. The molecule has 1 fully saturated rings. The summed E-state index contributed by atoms with van der Waals surface area (Å²) in [5, 5.41) is 8.60. The molecule has 4 rings (SSSR count). The van der Waals surface area contributed by atoms with Crippen LogP contribution < -0.4 is 10.4 Å². The highest BCUT2D eigenvalue weighted by Crippen LogP contribution is 2.19. The number of hydrogen-bond acceptors (Lipinski definition) is 5. The van der Waals surface area contributed by atoms with E-state index >= 15 is 0 Å². The molecule has 1 saturated heterocycles. The molecular weight excluding hydrogens is 438 g/mol. The van der Waals surface area contributed by atoms with Crippen molar-refractivity contribution in [2.24, 2.45) is 0 Å². The number of rotatable bonds is 8. The van der Waals surface area contributed by atoms with Gasteiger partial charge in [0.05, 0.1) is 0 Å². The molecule has 35 heavy (non-hydrogen) atoms. The minimum atomic E-state index is -0.598. The molecule has 6 nitrogen and oxygen atoms in total. The van der Waals surface area contributed by atoms with E-state index in [-0.39, 0.29) is 5.78 Å². The van der Waals surface area contributed by atoms with Crippen LogP contribution in [0.5, 0.6) is 0 Å². The molecule has 3 aromatic carbocycles. The number of anilines is 1. The Morgan fingerprint density at radius 2 is 1.46 bits per heavy atom. The van der Waals surface area contributed by atoms with E-state index < -0.39 is 5.91 Å². The summed E-state index contributed by atoms with van der Waals surface area (Å²) in [6.07, 6.45) is 6.21. The summed E-state index contributed by atoms with van der Waals surface area (Å²) in [6, 6.07) is 25.7. The molecule has 1 amide bonds. The van der Waals surface area contributed by atoms with Crippen molar-refractivity contribution in [1.82, 2.24) is 10.4 Å². The zero-order valence-corrected chi connectivity index (χ0v) is 19.5. The van der Waals surface area contributed by atoms with Gasteiger partial charge in [0.1, 0.15) is 0 Å². The van der Waals surface area contributed by atoms with Gasteiger partial charge in [0.25, 0.3) is 5.91 Å². The summed E-state index contributed by atoms with van der Waals surface area (Å²) in [7, 11) is 0. The van der Waals surface area contributed by atoms with Crippen LogP contribution >= 0.6 is 0 Å². The molecule has 1 aliphatic heterocycles. The maximum Gasteiger partial charge on any atom is 0.267 e. The minimum absolute atomic E-state index is 0.0378. The third-order valence-electron chi connectivity index (χ3n) is 6.05. The number of ketones is 1. The molecule has 0 bridgehead atoms. The Balaban J connectivity index is 1.39. The largest absolute Gasteiger partial charge is 0.369 e. The summed E-state index contributed by atoms with van der Waals surface area (Å²) in [5.74, 6) is -0.636. The molecule has 0 spiro atoms. The summed E-state index contributed by atoms with van der Waals surface area (Å²) in [5.41, 5.74) is 6.19. The summed E-state index contributed by atoms with van der Waals surface area (Å²) in [6.45, 7) is 4.56. The number of hydrogen-bond donors (Lipinski definition) is 2. The fourth-order valence-corrected chi connectivity index (χ4v) is 4.18. The van der Waals surface area contributed by atoms with Gasteiger partial charge in [-0.25, -0.2) is 5.48 Å². The normalized spacial score (nSPS) is 14.5. The highest BCUT2D eigenvalue weighted by molar-refractivity contribution is 6.07. The van der Waals surface area contributed by atoms with Gasteiger partial charge in [0, 0.05) is 50.1 Å². The molecule has 6 heteroatoms. The number of amides is 1. The van der Waals surface area contributed by atoms with Crippen molar-refractivity contribution in [3.05, 3.63) is 113 Å². The van der Waals surface area contributed by atoms with E-state index in [4.69, 9.17) is 5.21 Å². The van der Waals surface area contributed by atoms with E-state index in [0.717, 1.165) is 49.4 Å². The Kier molecular flexibility index (Phi) is 8.22. The van der Waals surface area contributed by atoms with Crippen LogP contribution in [-0.2, 0) is 11.3 Å². The van der Waals surface area contributed by atoms with E-state index in [0.29, 0.717) is 5.56 Å². The standard InChI is InChI=1S/C29H29N3O3/c33-28(15-13-23-7-6-8-24(21-23)14-16-29(34)30-35)27-12-5-4-9-25(27)22-31-17-19-32(20-18-31)26-10-2-1-3-11-26/h1-16,21,35H,17-20,22H2,(H,30,34). The number of piperazine rings is 1. The Morgan fingerprint density at radius 3 is 2.17 bits per heavy atom. The van der Waals surface area contributed by atoms with Crippen molar-refractivity contribution < 1.29 is 14.8 Å². The summed E-state index contributed by atoms with van der Waals surface area (Å²) in [4.78, 5) is 29.0. The first-order valence-corrected chi connectivity index (χ1v) is 11.7. The van der Waals surface area contributed by atoms with Crippen LogP contribution in [0.1, 0.15) is 27.0 Å². The predicted octanol–water partition coefficient (Wildman–Crippen LogP) is 4.42. The molecule has 0 atom stereocenters. The average Bonchev–Trinajstić information content (AvgIpc) is 2.92. The van der Waals surface area contributed by atoms with Crippen LogP contribution in [0.25, 0.3) is 12.2 Å². The third-order valence-corrected chi connectivity index (χ3v) is 6.05. The Labute approximate surface area is 205 Å². The molecule has 0 aliphatic carbocycles. The lowest BCUT2D eigenvalue weighted by molar-refractivity contribution is -0.124. The predicted molar refractivity (Wildman–Crippen MR) is 139 cm³/mol. The van der Waals surface area contributed by atoms with E-state index in [1.165, 1.54) is 11.8 Å². The lowest BCUT2D eigenvalue weighted by Crippen LogP contribution is -2.46. The summed E-state index contributed by atoms with van der Waals surface area (Å²) >= 11 is 0. The van der Waals surface area contributed by atoms with Gasteiger partial charge in [0.15, 0.2) is 5.78 Å². The van der Waals surface area contributed by atoms with Crippen LogP contribution in [0.2, 0.25) is 0 Å². The molecular formula is C29H29N3O3. The fraction of sp³-hybridized carbons (Fsp3) is 0.172. The first kappa shape index (κ1) is 24.1. The van der Waals surface area contributed by atoms with Crippen LogP contribution in [0.15, 0.2) is 91.0 Å². The molecule has 0 aromatic heterocycles. The van der Waals surface area contributed by atoms with E-state index in [2.05, 4.69) is 34.1 Å². The van der Waals surface area contributed by atoms with E-state index in [9.17, 15) is 9.59 Å². The van der Waals surface area contributed by atoms with Crippen LogP contribution in [0.4, 0.5) is 5.69 Å². The maximum atomic E-state index is 13.0. The number of carbonyl (C=O) groups excluding carboxylic acids is 2. The lowest BCUT2D eigenvalue weighted by atomic mass is 10.0. The van der Waals surface area contributed by atoms with E-state index in [1.54, 1.807) is 23.7 Å². The first-order chi connectivity index (χ1) is 17.1. The maximum absolute atomic E-state index is 13.0. The van der Waals surface area contributed by atoms with Crippen LogP contribution in [0, 0.1) is 0 Å². The van der Waals surface area contributed by atoms with Gasteiger partial charge in [-0.15, -0.1) is 0 Å². The average molecular weight is 468 g/mol. The van der Waals surface area contributed by atoms with Gasteiger partial charge in [-0.2, -0.15) is 0 Å². The van der Waals surface area contributed by atoms with Crippen LogP contribution in [-0.4, -0.2) is 48.0 Å². The molecule has 1 heterocycles. The van der Waals surface area contributed by atoms with Crippen molar-refractivity contribution in [2.75, 3.05) is 31.1 Å². The van der Waals surface area contributed by atoms with Gasteiger partial charge < -0.3 is 4.90 Å². The smallest absolute Gasteiger partial charge is 0.267 e. The number of carbonyl (C=O) groups is 2. The fourth-order valence-electron chi connectivity index (χ4n) is 4.18. The molecule has 0 unspecified atom stereocenters. The number of nitrogens with one attached hydrogen (secondary N) is 1. The van der Waals surface area contributed by atoms with Crippen LogP contribution in [0.3, 0.4) is 0 Å². The third kappa shape index (κ3) is 6.76. The number of benzene rings is 3. The minimum Gasteiger partial charge on any atom is -0.369 e. The highest BCUT2D eigenvalue weighted by Gasteiger charge is 2.19. The molecule has 0 radical (unpaired) electrons. The second-order valence-corrected chi connectivity index (χ2v) is 8.43. The summed E-state index contributed by atoms with van der Waals surface area (Å²) < 4.78 is 0. The first-order valence-electron chi connectivity index (χ1n) is 11.7. The van der Waals surface area contributed by atoms with Crippen molar-refractivity contribution in [3.63, 3.8) is 0 Å². The van der Waals surface area contributed by atoms with Gasteiger partial charge in [-0.3, -0.25) is 19.7 Å². The zero-order valence-electron chi connectivity index (χ0n) is 19.5. The number of allylic oxidation sites excluding steroid dienone is 1. The van der Waals surface area contributed by atoms with Crippen molar-refractivity contribution in [2.45, 2.75) is 6.54 Å². The molecule has 1 aliphatic rings. The zero-order chi connectivity index (χ0) is 24.5. The SMILES string of the molecule is O=C(C=Cc1cccc(C=CC(=O)c2ccccc2CN2CCN(c3ccccc3)CC2)c1)NO. The Bertz CT molecular complexity index is 1210. The monoisotopic (exact) mass is 467 g/mol. The second kappa shape index (κ2) is 11.9. The van der Waals surface area contributed by atoms with Gasteiger partial charge >= 0.3 is 0 Å². The topological polar surface area (TPSA) is 72.9 Å². The molecule has 0 saturated carbocycles. The number of hydroxylamine groups is 1. The molecule has 2 N–H and O–H groups in total. The van der Waals surface area contributed by atoms with Gasteiger partial charge in [-0.05, 0) is 47.0 Å². The lowest BCUT2D eigenvalue weighted by Gasteiger charge is -2.36. The van der Waals surface area contributed by atoms with Gasteiger partial charge in [0.2, 0.25) is 0 Å². The van der Waals surface area contributed by atoms with Crippen molar-refractivity contribution >= 4 is 29.5 Å². The quantitative estimate of drug-likeness (QED) is 0.222. The van der Waals surface area contributed by atoms with Crippen molar-refractivity contribution in [1.29, 1.82) is 0 Å².